The Hall–Kier alpha value is -3.88. The Kier molecular flexibility index (Phi) is 5.60. The molecule has 0 aliphatic carbocycles. The lowest BCUT2D eigenvalue weighted by molar-refractivity contribution is -0.133. The maximum absolute atomic E-state index is 12.4. The molecule has 2 aromatic carbocycles. The van der Waals surface area contributed by atoms with Crippen molar-refractivity contribution in [3.8, 4) is 17.2 Å². The first-order valence-corrected chi connectivity index (χ1v) is 9.35. The third kappa shape index (κ3) is 4.40. The predicted octanol–water partition coefficient (Wildman–Crippen LogP) is 1.85. The van der Waals surface area contributed by atoms with Crippen molar-refractivity contribution in [2.24, 2.45) is 0 Å². The van der Waals surface area contributed by atoms with Gasteiger partial charge in [-0.2, -0.15) is 5.10 Å². The van der Waals surface area contributed by atoms with Crippen molar-refractivity contribution in [3.05, 3.63) is 66.2 Å². The Bertz CT molecular complexity index is 1030. The summed E-state index contributed by atoms with van der Waals surface area (Å²) in [6.07, 6.45) is 2.98. The van der Waals surface area contributed by atoms with Crippen molar-refractivity contribution in [2.75, 3.05) is 26.9 Å². The molecule has 0 fully saturated rings. The largest absolute Gasteiger partial charge is 0.486 e. The summed E-state index contributed by atoms with van der Waals surface area (Å²) in [5.41, 5.74) is 2.01. The molecule has 0 spiro atoms. The van der Waals surface area contributed by atoms with E-state index in [1.807, 2.05) is 18.2 Å². The number of rotatable bonds is 6. The molecule has 9 nitrogen and oxygen atoms in total. The highest BCUT2D eigenvalue weighted by Gasteiger charge is 2.16. The number of ether oxygens (including phenoxy) is 3. The molecule has 3 aromatic rings. The predicted molar refractivity (Wildman–Crippen MR) is 106 cm³/mol. The van der Waals surface area contributed by atoms with E-state index < -0.39 is 5.97 Å². The summed E-state index contributed by atoms with van der Waals surface area (Å²) in [4.78, 5) is 30.0. The zero-order chi connectivity index (χ0) is 20.9. The Balaban J connectivity index is 1.30. The average Bonchev–Trinajstić information content (AvgIpc) is 3.32. The Morgan fingerprint density at radius 2 is 1.87 bits per heavy atom. The molecule has 0 bridgehead atoms. The second-order valence-corrected chi connectivity index (χ2v) is 6.69. The first-order valence-electron chi connectivity index (χ1n) is 9.35. The van der Waals surface area contributed by atoms with Crippen molar-refractivity contribution < 1.29 is 23.8 Å². The van der Waals surface area contributed by atoms with Gasteiger partial charge in [0.2, 0.25) is 0 Å². The number of benzene rings is 2. The molecule has 30 heavy (non-hydrogen) atoms. The van der Waals surface area contributed by atoms with Crippen LogP contribution in [0.5, 0.6) is 11.5 Å². The van der Waals surface area contributed by atoms with Gasteiger partial charge in [-0.1, -0.05) is 6.07 Å². The van der Waals surface area contributed by atoms with E-state index in [2.05, 4.69) is 10.1 Å². The molecule has 1 aliphatic rings. The first-order chi connectivity index (χ1) is 14.6. The first kappa shape index (κ1) is 19.4. The van der Waals surface area contributed by atoms with E-state index in [4.69, 9.17) is 14.2 Å². The number of esters is 1. The van der Waals surface area contributed by atoms with Crippen LogP contribution in [-0.4, -0.2) is 58.4 Å². The van der Waals surface area contributed by atoms with E-state index in [0.717, 1.165) is 11.3 Å². The van der Waals surface area contributed by atoms with Crippen LogP contribution in [0.15, 0.2) is 55.1 Å². The van der Waals surface area contributed by atoms with E-state index in [-0.39, 0.29) is 12.5 Å². The van der Waals surface area contributed by atoms with Crippen molar-refractivity contribution in [2.45, 2.75) is 6.54 Å². The molecule has 1 amide bonds. The second kappa shape index (κ2) is 8.64. The standard InChI is InChI=1S/C21H20N4O5/c1-24(11-15-2-7-18-19(10-15)29-9-8-28-18)20(26)12-30-21(27)16-3-5-17(6-4-16)25-14-22-13-23-25/h2-7,10,13-14H,8-9,11-12H2,1H3. The monoisotopic (exact) mass is 408 g/mol. The molecule has 0 radical (unpaired) electrons. The van der Waals surface area contributed by atoms with Crippen LogP contribution in [-0.2, 0) is 16.1 Å². The highest BCUT2D eigenvalue weighted by atomic mass is 16.6. The summed E-state index contributed by atoms with van der Waals surface area (Å²) >= 11 is 0. The van der Waals surface area contributed by atoms with Crippen LogP contribution in [0.1, 0.15) is 15.9 Å². The number of carbonyl (C=O) groups excluding carboxylic acids is 2. The van der Waals surface area contributed by atoms with Gasteiger partial charge in [-0.3, -0.25) is 4.79 Å². The number of likely N-dealkylation sites (N-methyl/N-ethyl adjacent to an activating group) is 1. The van der Waals surface area contributed by atoms with Crippen molar-refractivity contribution in [1.29, 1.82) is 0 Å². The number of nitrogens with zero attached hydrogens (tertiary/aromatic N) is 4. The van der Waals surface area contributed by atoms with Gasteiger partial charge in [-0.05, 0) is 42.0 Å². The molecule has 154 valence electrons. The molecular formula is C21H20N4O5. The second-order valence-electron chi connectivity index (χ2n) is 6.69. The molecule has 0 saturated heterocycles. The Morgan fingerprint density at radius 3 is 2.60 bits per heavy atom. The molecule has 1 aliphatic heterocycles. The minimum Gasteiger partial charge on any atom is -0.486 e. The van der Waals surface area contributed by atoms with Crippen LogP contribution in [0, 0.1) is 0 Å². The van der Waals surface area contributed by atoms with Gasteiger partial charge >= 0.3 is 5.97 Å². The number of aromatic nitrogens is 3. The zero-order valence-corrected chi connectivity index (χ0v) is 16.4. The van der Waals surface area contributed by atoms with Gasteiger partial charge in [0.05, 0.1) is 11.3 Å². The van der Waals surface area contributed by atoms with E-state index in [0.29, 0.717) is 36.8 Å². The van der Waals surface area contributed by atoms with Gasteiger partial charge in [0.25, 0.3) is 5.91 Å². The molecule has 0 unspecified atom stereocenters. The maximum atomic E-state index is 12.4. The molecule has 4 rings (SSSR count). The van der Waals surface area contributed by atoms with Crippen LogP contribution >= 0.6 is 0 Å². The smallest absolute Gasteiger partial charge is 0.338 e. The number of hydrogen-bond acceptors (Lipinski definition) is 7. The summed E-state index contributed by atoms with van der Waals surface area (Å²) in [5.74, 6) is 0.488. The topological polar surface area (TPSA) is 95.8 Å². The summed E-state index contributed by atoms with van der Waals surface area (Å²) in [7, 11) is 1.65. The van der Waals surface area contributed by atoms with Gasteiger partial charge in [0.1, 0.15) is 25.9 Å². The fraction of sp³-hybridized carbons (Fsp3) is 0.238. The van der Waals surface area contributed by atoms with Gasteiger partial charge in [0.15, 0.2) is 18.1 Å². The molecule has 0 N–H and O–H groups in total. The Morgan fingerprint density at radius 1 is 1.10 bits per heavy atom. The molecule has 9 heteroatoms. The number of fused-ring (bicyclic) bond motifs is 1. The van der Waals surface area contributed by atoms with Crippen molar-refractivity contribution >= 4 is 11.9 Å². The fourth-order valence-corrected chi connectivity index (χ4v) is 2.96. The summed E-state index contributed by atoms with van der Waals surface area (Å²) in [6.45, 7) is 1.05. The quantitative estimate of drug-likeness (QED) is 0.575. The summed E-state index contributed by atoms with van der Waals surface area (Å²) < 4.78 is 17.8. The Labute approximate surface area is 172 Å². The van der Waals surface area contributed by atoms with Gasteiger partial charge in [-0.15, -0.1) is 0 Å². The third-order valence-electron chi connectivity index (χ3n) is 4.57. The molecule has 0 saturated carbocycles. The number of amides is 1. The van der Waals surface area contributed by atoms with E-state index >= 15 is 0 Å². The van der Waals surface area contributed by atoms with Crippen molar-refractivity contribution in [1.82, 2.24) is 19.7 Å². The van der Waals surface area contributed by atoms with Crippen LogP contribution < -0.4 is 9.47 Å². The summed E-state index contributed by atoms with van der Waals surface area (Å²) in [6, 6.07) is 12.2. The fourth-order valence-electron chi connectivity index (χ4n) is 2.96. The molecular weight excluding hydrogens is 388 g/mol. The molecule has 1 aromatic heterocycles. The minimum atomic E-state index is -0.568. The lowest BCUT2D eigenvalue weighted by Gasteiger charge is -2.21. The van der Waals surface area contributed by atoms with E-state index in [1.54, 1.807) is 42.3 Å². The average molecular weight is 408 g/mol. The number of carbonyl (C=O) groups is 2. The maximum Gasteiger partial charge on any atom is 0.338 e. The highest BCUT2D eigenvalue weighted by Crippen LogP contribution is 2.31. The van der Waals surface area contributed by atoms with Gasteiger partial charge in [0, 0.05) is 13.6 Å². The lowest BCUT2D eigenvalue weighted by Crippen LogP contribution is -2.30. The normalized spacial score (nSPS) is 12.3. The highest BCUT2D eigenvalue weighted by molar-refractivity contribution is 5.91. The van der Waals surface area contributed by atoms with Crippen molar-refractivity contribution in [3.63, 3.8) is 0 Å². The number of hydrogen-bond donors (Lipinski definition) is 0. The van der Waals surface area contributed by atoms with Gasteiger partial charge in [-0.25, -0.2) is 14.5 Å². The molecule has 0 atom stereocenters. The lowest BCUT2D eigenvalue weighted by atomic mass is 10.2. The van der Waals surface area contributed by atoms with E-state index in [1.165, 1.54) is 11.2 Å². The molecule has 2 heterocycles. The third-order valence-corrected chi connectivity index (χ3v) is 4.57. The zero-order valence-electron chi connectivity index (χ0n) is 16.4. The van der Waals surface area contributed by atoms with Gasteiger partial charge < -0.3 is 19.1 Å². The van der Waals surface area contributed by atoms with E-state index in [9.17, 15) is 9.59 Å². The summed E-state index contributed by atoms with van der Waals surface area (Å²) in [5, 5.41) is 4.02. The SMILES string of the molecule is CN(Cc1ccc2c(c1)OCCO2)C(=O)COC(=O)c1ccc(-n2cncn2)cc1. The minimum absolute atomic E-state index is 0.308. The van der Waals surface area contributed by atoms with Crippen LogP contribution in [0.2, 0.25) is 0 Å². The van der Waals surface area contributed by atoms with Crippen LogP contribution in [0.4, 0.5) is 0 Å². The van der Waals surface area contributed by atoms with Crippen LogP contribution in [0.25, 0.3) is 5.69 Å². The van der Waals surface area contributed by atoms with Crippen LogP contribution in [0.3, 0.4) is 0 Å².